The number of benzene rings is 1. The molecule has 0 fully saturated rings. The van der Waals surface area contributed by atoms with Gasteiger partial charge in [-0.05, 0) is 30.3 Å². The molecule has 0 saturated heterocycles. The van der Waals surface area contributed by atoms with Gasteiger partial charge in [0.1, 0.15) is 0 Å². The minimum atomic E-state index is -0.201. The minimum absolute atomic E-state index is 0.201. The van der Waals surface area contributed by atoms with E-state index >= 15 is 0 Å². The third kappa shape index (κ3) is 4.65. The van der Waals surface area contributed by atoms with E-state index in [0.29, 0.717) is 22.9 Å². The zero-order valence-corrected chi connectivity index (χ0v) is 14.1. The lowest BCUT2D eigenvalue weighted by Crippen LogP contribution is -2.11. The maximum atomic E-state index is 12.3. The number of amides is 1. The molecule has 3 rings (SSSR count). The molecule has 2 aromatic heterocycles. The van der Waals surface area contributed by atoms with Gasteiger partial charge in [0, 0.05) is 22.8 Å². The lowest BCUT2D eigenvalue weighted by molar-refractivity contribution is 0.103. The van der Waals surface area contributed by atoms with Gasteiger partial charge in [-0.2, -0.15) is 0 Å². The van der Waals surface area contributed by atoms with Crippen LogP contribution in [-0.2, 0) is 11.4 Å². The lowest BCUT2D eigenvalue weighted by atomic mass is 10.2. The van der Waals surface area contributed by atoms with Crippen molar-refractivity contribution >= 4 is 34.8 Å². The topological polar surface area (TPSA) is 89.6 Å². The molecular formula is C18H16N4O2S. The van der Waals surface area contributed by atoms with Crippen molar-refractivity contribution in [3.63, 3.8) is 0 Å². The second-order valence-corrected chi connectivity index (χ2v) is 6.27. The van der Waals surface area contributed by atoms with Crippen LogP contribution in [0.3, 0.4) is 0 Å². The Balaban J connectivity index is 1.54. The standard InChI is InChI=1S/C18H16N4O2S/c19-15-5-1-2-6-16(15)22-18(23)17-8-7-14(25-17)12-24-21-11-13-4-3-9-20-10-13/h1-11H,12,19H2,(H,22,23)/b21-11+. The monoisotopic (exact) mass is 352 g/mol. The van der Waals surface area contributed by atoms with Crippen LogP contribution in [0.2, 0.25) is 0 Å². The number of oxime groups is 1. The first kappa shape index (κ1) is 16.7. The van der Waals surface area contributed by atoms with Crippen LogP contribution in [0.15, 0.2) is 66.1 Å². The first-order valence-electron chi connectivity index (χ1n) is 7.52. The van der Waals surface area contributed by atoms with E-state index in [0.717, 1.165) is 10.4 Å². The van der Waals surface area contributed by atoms with Crippen LogP contribution in [0.4, 0.5) is 11.4 Å². The van der Waals surface area contributed by atoms with Crippen molar-refractivity contribution in [3.05, 3.63) is 76.2 Å². The summed E-state index contributed by atoms with van der Waals surface area (Å²) in [5.41, 5.74) is 7.81. The van der Waals surface area contributed by atoms with Gasteiger partial charge in [0.05, 0.1) is 22.5 Å². The third-order valence-electron chi connectivity index (χ3n) is 3.26. The highest BCUT2D eigenvalue weighted by Crippen LogP contribution is 2.21. The summed E-state index contributed by atoms with van der Waals surface area (Å²) in [6.07, 6.45) is 4.97. The highest BCUT2D eigenvalue weighted by Gasteiger charge is 2.11. The van der Waals surface area contributed by atoms with E-state index in [9.17, 15) is 4.79 Å². The van der Waals surface area contributed by atoms with E-state index in [1.807, 2.05) is 30.3 Å². The second kappa shape index (κ2) is 8.07. The zero-order valence-electron chi connectivity index (χ0n) is 13.3. The molecule has 0 aliphatic heterocycles. The molecule has 0 aliphatic carbocycles. The van der Waals surface area contributed by atoms with Crippen molar-refractivity contribution in [2.24, 2.45) is 5.16 Å². The lowest BCUT2D eigenvalue weighted by Gasteiger charge is -2.06. The van der Waals surface area contributed by atoms with Crippen molar-refractivity contribution in [1.29, 1.82) is 0 Å². The van der Waals surface area contributed by atoms with Crippen molar-refractivity contribution in [1.82, 2.24) is 4.98 Å². The number of hydrogen-bond acceptors (Lipinski definition) is 6. The quantitative estimate of drug-likeness (QED) is 0.403. The molecule has 126 valence electrons. The van der Waals surface area contributed by atoms with Crippen LogP contribution < -0.4 is 11.1 Å². The van der Waals surface area contributed by atoms with Gasteiger partial charge in [0.25, 0.3) is 5.91 Å². The molecule has 1 aromatic carbocycles. The molecule has 25 heavy (non-hydrogen) atoms. The minimum Gasteiger partial charge on any atom is -0.397 e. The average molecular weight is 352 g/mol. The molecule has 0 spiro atoms. The summed E-state index contributed by atoms with van der Waals surface area (Å²) < 4.78 is 0. The fourth-order valence-electron chi connectivity index (χ4n) is 2.02. The Kier molecular flexibility index (Phi) is 5.38. The number of carbonyl (C=O) groups is 1. The Morgan fingerprint density at radius 1 is 1.24 bits per heavy atom. The Morgan fingerprint density at radius 2 is 2.12 bits per heavy atom. The molecule has 7 heteroatoms. The Labute approximate surface area is 149 Å². The van der Waals surface area contributed by atoms with Gasteiger partial charge in [-0.15, -0.1) is 11.3 Å². The van der Waals surface area contributed by atoms with E-state index in [2.05, 4.69) is 15.5 Å². The number of para-hydroxylation sites is 2. The maximum absolute atomic E-state index is 12.3. The number of nitrogen functional groups attached to an aromatic ring is 1. The summed E-state index contributed by atoms with van der Waals surface area (Å²) in [6, 6.07) is 14.4. The predicted octanol–water partition coefficient (Wildman–Crippen LogP) is 3.53. The van der Waals surface area contributed by atoms with Crippen molar-refractivity contribution in [2.75, 3.05) is 11.1 Å². The largest absolute Gasteiger partial charge is 0.397 e. The van der Waals surface area contributed by atoms with Crippen molar-refractivity contribution in [2.45, 2.75) is 6.61 Å². The number of anilines is 2. The number of nitrogens with zero attached hydrogens (tertiary/aromatic N) is 2. The molecule has 6 nitrogen and oxygen atoms in total. The molecule has 3 N–H and O–H groups in total. The SMILES string of the molecule is Nc1ccccc1NC(=O)c1ccc(CO/N=C/c2cccnc2)s1. The van der Waals surface area contributed by atoms with Gasteiger partial charge in [0.15, 0.2) is 6.61 Å². The molecular weight excluding hydrogens is 336 g/mol. The van der Waals surface area contributed by atoms with Gasteiger partial charge in [0.2, 0.25) is 0 Å². The Bertz CT molecular complexity index is 878. The number of rotatable bonds is 6. The van der Waals surface area contributed by atoms with Crippen molar-refractivity contribution in [3.8, 4) is 0 Å². The number of aromatic nitrogens is 1. The number of hydrogen-bond donors (Lipinski definition) is 2. The fraction of sp³-hybridized carbons (Fsp3) is 0.0556. The molecule has 0 aliphatic rings. The molecule has 2 heterocycles. The highest BCUT2D eigenvalue weighted by atomic mass is 32.1. The number of nitrogens with one attached hydrogen (secondary N) is 1. The van der Waals surface area contributed by atoms with E-state index < -0.39 is 0 Å². The van der Waals surface area contributed by atoms with Crippen LogP contribution in [0.1, 0.15) is 20.1 Å². The molecule has 0 radical (unpaired) electrons. The zero-order chi connectivity index (χ0) is 17.5. The Hall–Kier alpha value is -3.19. The predicted molar refractivity (Wildman–Crippen MR) is 99.7 cm³/mol. The van der Waals surface area contributed by atoms with Crippen LogP contribution >= 0.6 is 11.3 Å². The number of carbonyl (C=O) groups excluding carboxylic acids is 1. The van der Waals surface area contributed by atoms with Gasteiger partial charge in [-0.1, -0.05) is 23.4 Å². The second-order valence-electron chi connectivity index (χ2n) is 5.10. The Morgan fingerprint density at radius 3 is 2.92 bits per heavy atom. The van der Waals surface area contributed by atoms with Crippen LogP contribution in [0, 0.1) is 0 Å². The molecule has 0 saturated carbocycles. The molecule has 3 aromatic rings. The van der Waals surface area contributed by atoms with Crippen LogP contribution in [0.25, 0.3) is 0 Å². The van der Waals surface area contributed by atoms with Gasteiger partial charge >= 0.3 is 0 Å². The smallest absolute Gasteiger partial charge is 0.265 e. The fourth-order valence-corrected chi connectivity index (χ4v) is 2.83. The highest BCUT2D eigenvalue weighted by molar-refractivity contribution is 7.14. The number of nitrogens with two attached hydrogens (primary N) is 1. The number of pyridine rings is 1. The summed E-state index contributed by atoms with van der Waals surface area (Å²) in [7, 11) is 0. The summed E-state index contributed by atoms with van der Waals surface area (Å²) in [5.74, 6) is -0.201. The van der Waals surface area contributed by atoms with E-state index in [1.54, 1.807) is 36.8 Å². The van der Waals surface area contributed by atoms with Gasteiger partial charge in [-0.3, -0.25) is 9.78 Å². The summed E-state index contributed by atoms with van der Waals surface area (Å²) in [6.45, 7) is 0.294. The molecule has 0 unspecified atom stereocenters. The normalized spacial score (nSPS) is 10.7. The summed E-state index contributed by atoms with van der Waals surface area (Å²) in [4.78, 5) is 23.0. The third-order valence-corrected chi connectivity index (χ3v) is 4.32. The van der Waals surface area contributed by atoms with E-state index in [4.69, 9.17) is 10.6 Å². The summed E-state index contributed by atoms with van der Waals surface area (Å²) >= 11 is 1.35. The molecule has 0 bridgehead atoms. The first-order chi connectivity index (χ1) is 12.2. The number of thiophene rings is 1. The van der Waals surface area contributed by atoms with Gasteiger partial charge < -0.3 is 15.9 Å². The van der Waals surface area contributed by atoms with E-state index in [1.165, 1.54) is 11.3 Å². The van der Waals surface area contributed by atoms with Crippen LogP contribution in [-0.4, -0.2) is 17.1 Å². The van der Waals surface area contributed by atoms with Crippen molar-refractivity contribution < 1.29 is 9.63 Å². The first-order valence-corrected chi connectivity index (χ1v) is 8.34. The molecule has 1 amide bonds. The average Bonchev–Trinajstić information content (AvgIpc) is 3.11. The van der Waals surface area contributed by atoms with Crippen LogP contribution in [0.5, 0.6) is 0 Å². The van der Waals surface area contributed by atoms with E-state index in [-0.39, 0.29) is 5.91 Å². The maximum Gasteiger partial charge on any atom is 0.265 e. The summed E-state index contributed by atoms with van der Waals surface area (Å²) in [5, 5.41) is 6.69. The van der Waals surface area contributed by atoms with Gasteiger partial charge in [-0.25, -0.2) is 0 Å². The molecule has 0 atom stereocenters.